The van der Waals surface area contributed by atoms with Gasteiger partial charge in [0, 0.05) is 33.0 Å². The number of carbonyl (C=O) groups excluding carboxylic acids is 2. The number of hydrogen-bond donors (Lipinski definition) is 2. The van der Waals surface area contributed by atoms with E-state index in [1.54, 1.807) is 0 Å². The number of rotatable bonds is 3. The summed E-state index contributed by atoms with van der Waals surface area (Å²) in [4.78, 5) is 28.1. The molecule has 0 spiro atoms. The Bertz CT molecular complexity index is 2060. The first-order chi connectivity index (χ1) is 20.5. The van der Waals surface area contributed by atoms with Crippen molar-refractivity contribution in [2.75, 3.05) is 0 Å². The Balaban J connectivity index is 1.44. The van der Waals surface area contributed by atoms with Crippen LogP contribution in [0.5, 0.6) is 0 Å². The van der Waals surface area contributed by atoms with Crippen LogP contribution < -0.4 is 0 Å². The van der Waals surface area contributed by atoms with Crippen LogP contribution in [-0.2, 0) is 0 Å². The summed E-state index contributed by atoms with van der Waals surface area (Å²) in [6.45, 7) is 0. The van der Waals surface area contributed by atoms with Gasteiger partial charge in [0.25, 0.3) is 0 Å². The van der Waals surface area contributed by atoms with Crippen molar-refractivity contribution in [1.29, 1.82) is 0 Å². The molecule has 4 heteroatoms. The van der Waals surface area contributed by atoms with Crippen LogP contribution in [0, 0.1) is 0 Å². The van der Waals surface area contributed by atoms with Crippen molar-refractivity contribution in [3.63, 3.8) is 0 Å². The second-order valence-electron chi connectivity index (χ2n) is 10.6. The molecule has 8 rings (SSSR count). The number of aliphatic hydroxyl groups excluding tert-OH is 2. The highest BCUT2D eigenvalue weighted by Crippen LogP contribution is 2.50. The SMILES string of the molecule is O=C1C(O)=C(C2=C(O)C(=O)c3c(-c4ccccc4)ccc4cccc2c34)c2cccc3ccc(-c4ccccc4)c1c23. The molecule has 0 aliphatic heterocycles. The van der Waals surface area contributed by atoms with Gasteiger partial charge < -0.3 is 10.2 Å². The van der Waals surface area contributed by atoms with E-state index in [0.29, 0.717) is 44.2 Å². The third kappa shape index (κ3) is 3.23. The molecule has 198 valence electrons. The van der Waals surface area contributed by atoms with Gasteiger partial charge in [0.05, 0.1) is 0 Å². The fourth-order valence-electron chi connectivity index (χ4n) is 6.59. The van der Waals surface area contributed by atoms with Crippen molar-refractivity contribution in [3.8, 4) is 22.3 Å². The molecule has 4 nitrogen and oxygen atoms in total. The van der Waals surface area contributed by atoms with Gasteiger partial charge in [0.1, 0.15) is 0 Å². The Labute approximate surface area is 241 Å². The zero-order valence-electron chi connectivity index (χ0n) is 22.3. The summed E-state index contributed by atoms with van der Waals surface area (Å²) >= 11 is 0. The fourth-order valence-corrected chi connectivity index (χ4v) is 6.59. The number of hydrogen-bond acceptors (Lipinski definition) is 4. The van der Waals surface area contributed by atoms with Gasteiger partial charge >= 0.3 is 0 Å². The molecule has 0 bridgehead atoms. The Hall–Kier alpha value is -5.74. The summed E-state index contributed by atoms with van der Waals surface area (Å²) in [7, 11) is 0. The summed E-state index contributed by atoms with van der Waals surface area (Å²) in [5.41, 5.74) is 5.46. The maximum absolute atomic E-state index is 14.1. The zero-order valence-corrected chi connectivity index (χ0v) is 22.3. The van der Waals surface area contributed by atoms with Crippen molar-refractivity contribution < 1.29 is 19.8 Å². The molecule has 0 radical (unpaired) electrons. The average molecular weight is 543 g/mol. The molecule has 0 aromatic heterocycles. The average Bonchev–Trinajstić information content (AvgIpc) is 3.04. The number of benzene rings is 6. The molecule has 0 heterocycles. The summed E-state index contributed by atoms with van der Waals surface area (Å²) < 4.78 is 0. The first-order valence-corrected chi connectivity index (χ1v) is 13.7. The van der Waals surface area contributed by atoms with Crippen LogP contribution in [-0.4, -0.2) is 21.8 Å². The summed E-state index contributed by atoms with van der Waals surface area (Å²) in [5.74, 6) is -2.08. The monoisotopic (exact) mass is 542 g/mol. The topological polar surface area (TPSA) is 74.6 Å². The smallest absolute Gasteiger partial charge is 0.229 e. The lowest BCUT2D eigenvalue weighted by molar-refractivity contribution is 0.0971. The lowest BCUT2D eigenvalue weighted by Crippen LogP contribution is -2.19. The van der Waals surface area contributed by atoms with E-state index in [0.717, 1.165) is 21.9 Å². The largest absolute Gasteiger partial charge is 0.504 e. The summed E-state index contributed by atoms with van der Waals surface area (Å²) in [5, 5.41) is 26.4. The number of allylic oxidation sites excluding steroid dienone is 4. The molecule has 6 aromatic rings. The zero-order chi connectivity index (χ0) is 28.5. The van der Waals surface area contributed by atoms with Gasteiger partial charge in [0.15, 0.2) is 11.5 Å². The fraction of sp³-hybridized carbons (Fsp3) is 0. The van der Waals surface area contributed by atoms with E-state index in [2.05, 4.69) is 0 Å². The van der Waals surface area contributed by atoms with Crippen LogP contribution in [0.4, 0.5) is 0 Å². The summed E-state index contributed by atoms with van der Waals surface area (Å²) in [6.07, 6.45) is 0. The first-order valence-electron chi connectivity index (χ1n) is 13.7. The molecule has 0 atom stereocenters. The number of Topliss-reactive ketones (excluding diaryl/α,β-unsaturated/α-hetero) is 2. The van der Waals surface area contributed by atoms with Crippen molar-refractivity contribution in [2.24, 2.45) is 0 Å². The Morgan fingerprint density at radius 2 is 0.786 bits per heavy atom. The van der Waals surface area contributed by atoms with E-state index in [1.807, 2.05) is 121 Å². The molecular weight excluding hydrogens is 520 g/mol. The predicted molar refractivity (Wildman–Crippen MR) is 167 cm³/mol. The molecule has 0 saturated carbocycles. The van der Waals surface area contributed by atoms with Gasteiger partial charge in [-0.1, -0.05) is 121 Å². The van der Waals surface area contributed by atoms with Gasteiger partial charge in [-0.15, -0.1) is 0 Å². The van der Waals surface area contributed by atoms with E-state index in [9.17, 15) is 19.8 Å². The molecule has 2 N–H and O–H groups in total. The second kappa shape index (κ2) is 8.88. The quantitative estimate of drug-likeness (QED) is 0.234. The minimum Gasteiger partial charge on any atom is -0.504 e. The molecule has 0 amide bonds. The molecule has 2 aliphatic rings. The van der Waals surface area contributed by atoms with Gasteiger partial charge in [-0.2, -0.15) is 0 Å². The van der Waals surface area contributed by atoms with E-state index >= 15 is 0 Å². The Morgan fingerprint density at radius 1 is 0.381 bits per heavy atom. The van der Waals surface area contributed by atoms with Crippen LogP contribution in [0.2, 0.25) is 0 Å². The van der Waals surface area contributed by atoms with E-state index < -0.39 is 23.1 Å². The van der Waals surface area contributed by atoms with E-state index in [4.69, 9.17) is 0 Å². The molecule has 0 unspecified atom stereocenters. The minimum absolute atomic E-state index is 0.164. The third-order valence-electron chi connectivity index (χ3n) is 8.41. The van der Waals surface area contributed by atoms with Crippen LogP contribution in [0.25, 0.3) is 54.9 Å². The molecule has 42 heavy (non-hydrogen) atoms. The van der Waals surface area contributed by atoms with Crippen molar-refractivity contribution in [3.05, 3.63) is 155 Å². The highest BCUT2D eigenvalue weighted by molar-refractivity contribution is 6.37. The number of aliphatic hydroxyl groups is 2. The first kappa shape index (κ1) is 24.1. The standard InChI is InChI=1S/C38H22O4/c39-35-31-25(21-9-3-1-4-10-21)19-17-23-13-7-15-27(29(23)31)33(37(35)41)34-28-16-8-14-24-18-20-26(22-11-5-2-6-12-22)32(30(24)28)36(40)38(34)42/h1-20,41-42H. The maximum atomic E-state index is 14.1. The van der Waals surface area contributed by atoms with Crippen molar-refractivity contribution in [1.82, 2.24) is 0 Å². The van der Waals surface area contributed by atoms with Crippen molar-refractivity contribution in [2.45, 2.75) is 0 Å². The highest BCUT2D eigenvalue weighted by Gasteiger charge is 2.38. The normalized spacial score (nSPS) is 14.3. The molecular formula is C38H22O4. The number of ketones is 2. The molecule has 0 fully saturated rings. The van der Waals surface area contributed by atoms with E-state index in [-0.39, 0.29) is 11.1 Å². The lowest BCUT2D eigenvalue weighted by Gasteiger charge is -2.28. The van der Waals surface area contributed by atoms with Crippen LogP contribution in [0.1, 0.15) is 31.8 Å². The van der Waals surface area contributed by atoms with Crippen LogP contribution in [0.15, 0.2) is 133 Å². The van der Waals surface area contributed by atoms with Crippen molar-refractivity contribution >= 4 is 44.3 Å². The van der Waals surface area contributed by atoms with Gasteiger partial charge in [-0.05, 0) is 44.2 Å². The minimum atomic E-state index is -0.545. The number of carbonyl (C=O) groups is 2. The van der Waals surface area contributed by atoms with Crippen LogP contribution >= 0.6 is 0 Å². The van der Waals surface area contributed by atoms with Gasteiger partial charge in [0.2, 0.25) is 11.6 Å². The molecule has 2 aliphatic carbocycles. The molecule has 6 aromatic carbocycles. The second-order valence-corrected chi connectivity index (χ2v) is 10.6. The Kier molecular flexibility index (Phi) is 5.09. The maximum Gasteiger partial charge on any atom is 0.229 e. The van der Waals surface area contributed by atoms with E-state index in [1.165, 1.54) is 0 Å². The lowest BCUT2D eigenvalue weighted by atomic mass is 9.75. The highest BCUT2D eigenvalue weighted by atomic mass is 16.3. The molecule has 0 saturated heterocycles. The summed E-state index contributed by atoms with van der Waals surface area (Å²) in [6, 6.07) is 38.1. The predicted octanol–water partition coefficient (Wildman–Crippen LogP) is 8.96. The Morgan fingerprint density at radius 3 is 1.19 bits per heavy atom. The van der Waals surface area contributed by atoms with Crippen LogP contribution in [0.3, 0.4) is 0 Å². The van der Waals surface area contributed by atoms with Gasteiger partial charge in [-0.3, -0.25) is 9.59 Å². The van der Waals surface area contributed by atoms with Gasteiger partial charge in [-0.25, -0.2) is 0 Å². The third-order valence-corrected chi connectivity index (χ3v) is 8.41.